The third kappa shape index (κ3) is 3.30. The minimum absolute atomic E-state index is 0.0987. The number of fused-ring (bicyclic) bond motifs is 3. The van der Waals surface area contributed by atoms with Crippen molar-refractivity contribution in [3.05, 3.63) is 63.0 Å². The number of carbonyl (C=O) groups excluding carboxylic acids is 1. The van der Waals surface area contributed by atoms with Gasteiger partial charge in [0.1, 0.15) is 11.4 Å². The molecule has 3 aromatic rings. The van der Waals surface area contributed by atoms with Crippen molar-refractivity contribution in [2.45, 2.75) is 32.2 Å². The van der Waals surface area contributed by atoms with Gasteiger partial charge in [-0.25, -0.2) is 10.4 Å². The van der Waals surface area contributed by atoms with Crippen molar-refractivity contribution >= 4 is 33.7 Å². The molecule has 0 unspecified atom stereocenters. The van der Waals surface area contributed by atoms with Crippen molar-refractivity contribution in [2.24, 2.45) is 5.10 Å². The highest BCUT2D eigenvalue weighted by atomic mass is 32.1. The molecule has 0 bridgehead atoms. The minimum Gasteiger partial charge on any atom is -0.289 e. The molecule has 0 saturated carbocycles. The quantitative estimate of drug-likeness (QED) is 0.569. The van der Waals surface area contributed by atoms with Crippen LogP contribution in [0.2, 0.25) is 0 Å². The van der Waals surface area contributed by atoms with Crippen LogP contribution in [0.25, 0.3) is 10.2 Å². The predicted molar refractivity (Wildman–Crippen MR) is 103 cm³/mol. The molecule has 2 aromatic heterocycles. The Kier molecular flexibility index (Phi) is 4.62. The van der Waals surface area contributed by atoms with E-state index < -0.39 is 0 Å². The van der Waals surface area contributed by atoms with Gasteiger partial charge in [-0.2, -0.15) is 5.10 Å². The van der Waals surface area contributed by atoms with Crippen molar-refractivity contribution in [2.75, 3.05) is 0 Å². The molecule has 0 saturated heterocycles. The van der Waals surface area contributed by atoms with Gasteiger partial charge in [-0.05, 0) is 36.8 Å². The fourth-order valence-corrected chi connectivity index (χ4v) is 4.42. The largest absolute Gasteiger partial charge is 0.289 e. The Balaban J connectivity index is 1.52. The fourth-order valence-electron chi connectivity index (χ4n) is 3.20. The normalized spacial score (nSPS) is 13.8. The molecule has 1 aliphatic carbocycles. The van der Waals surface area contributed by atoms with Gasteiger partial charge in [-0.1, -0.05) is 30.3 Å². The number of nitrogens with one attached hydrogen (secondary N) is 1. The number of hydrogen-bond acceptors (Lipinski definition) is 5. The first-order valence-corrected chi connectivity index (χ1v) is 9.40. The van der Waals surface area contributed by atoms with E-state index in [9.17, 15) is 9.59 Å². The lowest BCUT2D eigenvalue weighted by Crippen LogP contribution is -2.30. The number of hydrazone groups is 1. The maximum absolute atomic E-state index is 12.8. The van der Waals surface area contributed by atoms with E-state index in [1.807, 2.05) is 30.3 Å². The van der Waals surface area contributed by atoms with E-state index >= 15 is 0 Å². The Labute approximate surface area is 154 Å². The summed E-state index contributed by atoms with van der Waals surface area (Å²) < 4.78 is 1.36. The summed E-state index contributed by atoms with van der Waals surface area (Å²) in [6.45, 7) is -0.0987. The Hall–Kier alpha value is -2.80. The van der Waals surface area contributed by atoms with E-state index in [1.54, 1.807) is 17.6 Å². The molecule has 132 valence electrons. The topological polar surface area (TPSA) is 76.3 Å². The number of aromatic nitrogens is 2. The predicted octanol–water partition coefficient (Wildman–Crippen LogP) is 2.49. The number of hydrogen-bond donors (Lipinski definition) is 1. The standard InChI is InChI=1S/C19H18N4O2S/c24-16(22-21-10-13-6-2-1-3-7-13)11-23-12-20-18-17(19(23)25)14-8-4-5-9-15(14)26-18/h1-3,6-7,10,12H,4-5,8-9,11H2,(H,22,24)/b21-10-. The average molecular weight is 366 g/mol. The summed E-state index contributed by atoms with van der Waals surface area (Å²) in [6, 6.07) is 9.47. The number of carbonyl (C=O) groups is 1. The van der Waals surface area contributed by atoms with Crippen LogP contribution in [0.15, 0.2) is 46.6 Å². The highest BCUT2D eigenvalue weighted by Gasteiger charge is 2.20. The van der Waals surface area contributed by atoms with Gasteiger partial charge in [-0.3, -0.25) is 14.2 Å². The number of rotatable bonds is 4. The van der Waals surface area contributed by atoms with Gasteiger partial charge in [-0.15, -0.1) is 11.3 Å². The third-order valence-corrected chi connectivity index (χ3v) is 5.66. The van der Waals surface area contributed by atoms with Crippen LogP contribution >= 0.6 is 11.3 Å². The maximum atomic E-state index is 12.8. The molecule has 0 fully saturated rings. The number of thiophene rings is 1. The molecule has 1 aliphatic rings. The zero-order valence-corrected chi connectivity index (χ0v) is 15.0. The highest BCUT2D eigenvalue weighted by molar-refractivity contribution is 7.18. The van der Waals surface area contributed by atoms with Gasteiger partial charge in [0.25, 0.3) is 11.5 Å². The molecular weight excluding hydrogens is 348 g/mol. The van der Waals surface area contributed by atoms with Crippen LogP contribution in [0.5, 0.6) is 0 Å². The van der Waals surface area contributed by atoms with Gasteiger partial charge >= 0.3 is 0 Å². The van der Waals surface area contributed by atoms with Crippen molar-refractivity contribution in [1.82, 2.24) is 15.0 Å². The first kappa shape index (κ1) is 16.7. The lowest BCUT2D eigenvalue weighted by Gasteiger charge is -2.10. The molecule has 26 heavy (non-hydrogen) atoms. The van der Waals surface area contributed by atoms with Crippen molar-refractivity contribution in [3.8, 4) is 0 Å². The number of nitrogens with zero attached hydrogens (tertiary/aromatic N) is 3. The van der Waals surface area contributed by atoms with Crippen LogP contribution in [0.3, 0.4) is 0 Å². The van der Waals surface area contributed by atoms with Crippen molar-refractivity contribution in [1.29, 1.82) is 0 Å². The van der Waals surface area contributed by atoms with E-state index in [-0.39, 0.29) is 18.0 Å². The number of amides is 1. The van der Waals surface area contributed by atoms with Crippen LogP contribution in [0, 0.1) is 0 Å². The summed E-state index contributed by atoms with van der Waals surface area (Å²) in [5.74, 6) is -0.357. The molecule has 0 aliphatic heterocycles. The lowest BCUT2D eigenvalue weighted by atomic mass is 9.97. The minimum atomic E-state index is -0.357. The Morgan fingerprint density at radius 3 is 2.92 bits per heavy atom. The van der Waals surface area contributed by atoms with E-state index in [1.165, 1.54) is 15.8 Å². The second-order valence-electron chi connectivity index (χ2n) is 6.27. The average Bonchev–Trinajstić information content (AvgIpc) is 3.04. The summed E-state index contributed by atoms with van der Waals surface area (Å²) in [7, 11) is 0. The monoisotopic (exact) mass is 366 g/mol. The molecule has 1 amide bonds. The van der Waals surface area contributed by atoms with Crippen LogP contribution in [0.1, 0.15) is 28.8 Å². The van der Waals surface area contributed by atoms with E-state index in [2.05, 4.69) is 15.5 Å². The molecule has 4 rings (SSSR count). The van der Waals surface area contributed by atoms with Gasteiger partial charge in [0, 0.05) is 4.88 Å². The van der Waals surface area contributed by atoms with Gasteiger partial charge in [0.2, 0.25) is 0 Å². The van der Waals surface area contributed by atoms with Gasteiger partial charge in [0.15, 0.2) is 0 Å². The molecule has 1 aromatic carbocycles. The molecule has 2 heterocycles. The van der Waals surface area contributed by atoms with E-state index in [0.717, 1.165) is 41.6 Å². The second-order valence-corrected chi connectivity index (χ2v) is 7.36. The summed E-state index contributed by atoms with van der Waals surface area (Å²) >= 11 is 1.60. The zero-order valence-electron chi connectivity index (χ0n) is 14.1. The molecular formula is C19H18N4O2S. The SMILES string of the molecule is O=C(Cn1cnc2sc3c(c2c1=O)CCCC3)N/N=C\c1ccccc1. The van der Waals surface area contributed by atoms with Crippen molar-refractivity contribution in [3.63, 3.8) is 0 Å². The van der Waals surface area contributed by atoms with E-state index in [4.69, 9.17) is 0 Å². The van der Waals surface area contributed by atoms with Crippen molar-refractivity contribution < 1.29 is 4.79 Å². The number of benzene rings is 1. The molecule has 1 N–H and O–H groups in total. The summed E-state index contributed by atoms with van der Waals surface area (Å²) in [6.07, 6.45) is 7.22. The zero-order chi connectivity index (χ0) is 17.9. The molecule has 0 spiro atoms. The van der Waals surface area contributed by atoms with Gasteiger partial charge < -0.3 is 0 Å². The highest BCUT2D eigenvalue weighted by Crippen LogP contribution is 2.33. The maximum Gasteiger partial charge on any atom is 0.262 e. The summed E-state index contributed by atoms with van der Waals surface area (Å²) in [5, 5.41) is 4.62. The van der Waals surface area contributed by atoms with E-state index in [0.29, 0.717) is 5.39 Å². The number of aryl methyl sites for hydroxylation is 2. The molecule has 0 atom stereocenters. The smallest absolute Gasteiger partial charge is 0.262 e. The van der Waals surface area contributed by atoms with Crippen LogP contribution < -0.4 is 11.0 Å². The third-order valence-electron chi connectivity index (χ3n) is 4.46. The van der Waals surface area contributed by atoms with Crippen LogP contribution in [-0.2, 0) is 24.2 Å². The molecule has 6 nitrogen and oxygen atoms in total. The molecule has 0 radical (unpaired) electrons. The molecule has 7 heteroatoms. The summed E-state index contributed by atoms with van der Waals surface area (Å²) in [5.41, 5.74) is 4.33. The van der Waals surface area contributed by atoms with Gasteiger partial charge in [0.05, 0.1) is 17.9 Å². The fraction of sp³-hybridized carbons (Fsp3) is 0.263. The Bertz CT molecular complexity index is 1040. The van der Waals surface area contributed by atoms with Crippen LogP contribution in [-0.4, -0.2) is 21.7 Å². The second kappa shape index (κ2) is 7.21. The Morgan fingerprint density at radius 2 is 2.08 bits per heavy atom. The van der Waals surface area contributed by atoms with Crippen LogP contribution in [0.4, 0.5) is 0 Å². The first-order chi connectivity index (χ1) is 12.7. The lowest BCUT2D eigenvalue weighted by molar-refractivity contribution is -0.121. The first-order valence-electron chi connectivity index (χ1n) is 8.59. The summed E-state index contributed by atoms with van der Waals surface area (Å²) in [4.78, 5) is 31.4. The Morgan fingerprint density at radius 1 is 1.27 bits per heavy atom.